The fourth-order valence-electron chi connectivity index (χ4n) is 3.74. The highest BCUT2D eigenvalue weighted by atomic mass is 16.5. The first-order valence-electron chi connectivity index (χ1n) is 10.1. The van der Waals surface area contributed by atoms with Crippen LogP contribution < -0.4 is 16.0 Å². The van der Waals surface area contributed by atoms with E-state index in [2.05, 4.69) is 26.1 Å². The molecule has 9 heteroatoms. The molecule has 1 aliphatic rings. The van der Waals surface area contributed by atoms with Gasteiger partial charge >= 0.3 is 18.0 Å². The van der Waals surface area contributed by atoms with Crippen LogP contribution in [0, 0.1) is 11.8 Å². The Labute approximate surface area is 178 Å². The van der Waals surface area contributed by atoms with E-state index in [0.29, 0.717) is 24.5 Å². The van der Waals surface area contributed by atoms with Crippen LogP contribution in [0.3, 0.4) is 0 Å². The number of carboxylic acid groups (broad SMARTS) is 1. The molecular weight excluding hydrogens is 398 g/mol. The Bertz CT molecular complexity index is 1050. The van der Waals surface area contributed by atoms with Gasteiger partial charge in [-0.25, -0.2) is 4.79 Å². The molecular formula is C22H23N5O4. The van der Waals surface area contributed by atoms with Crippen LogP contribution in [0.25, 0.3) is 11.4 Å². The Kier molecular flexibility index (Phi) is 6.23. The number of benzene rings is 2. The van der Waals surface area contributed by atoms with Crippen LogP contribution in [0.2, 0.25) is 0 Å². The molecule has 9 nitrogen and oxygen atoms in total. The molecule has 2 amide bonds. The van der Waals surface area contributed by atoms with Gasteiger partial charge in [0.25, 0.3) is 0 Å². The van der Waals surface area contributed by atoms with Gasteiger partial charge in [-0.05, 0) is 49.5 Å². The molecule has 160 valence electrons. The number of carboxylic acids is 1. The molecule has 4 N–H and O–H groups in total. The number of aliphatic carboxylic acids is 1. The van der Waals surface area contributed by atoms with E-state index >= 15 is 0 Å². The number of urea groups is 1. The van der Waals surface area contributed by atoms with Gasteiger partial charge < -0.3 is 20.3 Å². The molecule has 31 heavy (non-hydrogen) atoms. The van der Waals surface area contributed by atoms with Crippen molar-refractivity contribution in [3.63, 3.8) is 0 Å². The molecule has 0 unspecified atom stereocenters. The second-order valence-electron chi connectivity index (χ2n) is 7.47. The Balaban J connectivity index is 1.38. The van der Waals surface area contributed by atoms with Gasteiger partial charge in [0.1, 0.15) is 0 Å². The lowest BCUT2D eigenvalue weighted by Crippen LogP contribution is -2.27. The van der Waals surface area contributed by atoms with E-state index in [-0.39, 0.29) is 11.9 Å². The summed E-state index contributed by atoms with van der Waals surface area (Å²) >= 11 is 0. The maximum absolute atomic E-state index is 12.3. The molecule has 2 atom stereocenters. The van der Waals surface area contributed by atoms with Crippen LogP contribution in [0.4, 0.5) is 16.5 Å². The normalized spacial score (nSPS) is 16.6. The maximum Gasteiger partial charge on any atom is 0.329 e. The highest BCUT2D eigenvalue weighted by Crippen LogP contribution is 2.25. The Morgan fingerprint density at radius 3 is 2.74 bits per heavy atom. The van der Waals surface area contributed by atoms with Gasteiger partial charge in [0.15, 0.2) is 0 Å². The minimum Gasteiger partial charge on any atom is -0.481 e. The van der Waals surface area contributed by atoms with E-state index in [1.807, 2.05) is 36.4 Å². The van der Waals surface area contributed by atoms with Gasteiger partial charge in [-0.15, -0.1) is 0 Å². The van der Waals surface area contributed by atoms with E-state index in [1.54, 1.807) is 18.2 Å². The molecule has 1 fully saturated rings. The molecule has 2 aromatic carbocycles. The molecule has 0 aliphatic carbocycles. The van der Waals surface area contributed by atoms with Crippen molar-refractivity contribution >= 4 is 23.7 Å². The van der Waals surface area contributed by atoms with Crippen molar-refractivity contribution in [2.45, 2.75) is 12.8 Å². The van der Waals surface area contributed by atoms with Crippen LogP contribution in [0.15, 0.2) is 59.1 Å². The van der Waals surface area contributed by atoms with Crippen molar-refractivity contribution < 1.29 is 19.2 Å². The zero-order valence-electron chi connectivity index (χ0n) is 16.7. The average molecular weight is 421 g/mol. The Morgan fingerprint density at radius 1 is 1.16 bits per heavy atom. The molecule has 0 spiro atoms. The molecule has 0 saturated carbocycles. The molecule has 0 radical (unpaired) electrons. The summed E-state index contributed by atoms with van der Waals surface area (Å²) in [6.07, 6.45) is 1.26. The molecule has 0 bridgehead atoms. The number of hydrogen-bond acceptors (Lipinski definition) is 6. The number of nitrogens with zero attached hydrogens (tertiary/aromatic N) is 2. The number of carbonyl (C=O) groups excluding carboxylic acids is 1. The third-order valence-electron chi connectivity index (χ3n) is 5.30. The molecule has 4 rings (SSSR count). The first-order chi connectivity index (χ1) is 15.1. The van der Waals surface area contributed by atoms with E-state index in [0.717, 1.165) is 24.1 Å². The van der Waals surface area contributed by atoms with Crippen LogP contribution in [0.5, 0.6) is 0 Å². The quantitative estimate of drug-likeness (QED) is 0.461. The standard InChI is InChI=1S/C22H23N5O4/c28-20(29)18(16-9-10-23-13-16)12-14-5-4-8-17(11-14)24-21(30)26-22-25-19(27-31-22)15-6-2-1-3-7-15/h1-8,11,16,18,23H,9-10,12-13H2,(H,28,29)(H2,24,25,26,27,30)/t16-,18-/m0/s1. The summed E-state index contributed by atoms with van der Waals surface area (Å²) in [5.41, 5.74) is 2.17. The average Bonchev–Trinajstić information content (AvgIpc) is 3.45. The number of anilines is 2. The number of amides is 2. The predicted molar refractivity (Wildman–Crippen MR) is 115 cm³/mol. The monoisotopic (exact) mass is 421 g/mol. The summed E-state index contributed by atoms with van der Waals surface area (Å²) in [7, 11) is 0. The minimum absolute atomic E-state index is 0.0211. The number of aromatic nitrogens is 2. The van der Waals surface area contributed by atoms with Crippen LogP contribution in [-0.2, 0) is 11.2 Å². The number of nitrogens with one attached hydrogen (secondary N) is 3. The first-order valence-corrected chi connectivity index (χ1v) is 10.1. The van der Waals surface area contributed by atoms with Crippen molar-refractivity contribution in [2.24, 2.45) is 11.8 Å². The van der Waals surface area contributed by atoms with E-state index < -0.39 is 17.9 Å². The SMILES string of the molecule is O=C(Nc1cccc(C[C@H](C(=O)O)[C@H]2CCNC2)c1)Nc1nc(-c2ccccc2)no1. The topological polar surface area (TPSA) is 129 Å². The summed E-state index contributed by atoms with van der Waals surface area (Å²) in [4.78, 5) is 28.2. The number of rotatable bonds is 7. The fourth-order valence-corrected chi connectivity index (χ4v) is 3.74. The van der Waals surface area contributed by atoms with Crippen LogP contribution >= 0.6 is 0 Å². The lowest BCUT2D eigenvalue weighted by Gasteiger charge is -2.19. The van der Waals surface area contributed by atoms with Crippen molar-refractivity contribution in [3.8, 4) is 11.4 Å². The zero-order valence-corrected chi connectivity index (χ0v) is 16.7. The highest BCUT2D eigenvalue weighted by Gasteiger charge is 2.30. The van der Waals surface area contributed by atoms with Gasteiger partial charge in [0, 0.05) is 11.3 Å². The van der Waals surface area contributed by atoms with Crippen LogP contribution in [0.1, 0.15) is 12.0 Å². The van der Waals surface area contributed by atoms with Gasteiger partial charge in [-0.2, -0.15) is 4.98 Å². The zero-order chi connectivity index (χ0) is 21.6. The van der Waals surface area contributed by atoms with Crippen LogP contribution in [-0.4, -0.2) is 40.3 Å². The van der Waals surface area contributed by atoms with Gasteiger partial charge in [0.2, 0.25) is 5.82 Å². The van der Waals surface area contributed by atoms with Gasteiger partial charge in [-0.3, -0.25) is 10.1 Å². The Hall–Kier alpha value is -3.72. The number of hydrogen-bond donors (Lipinski definition) is 4. The summed E-state index contributed by atoms with van der Waals surface area (Å²) in [6.45, 7) is 1.56. The van der Waals surface area contributed by atoms with E-state index in [1.165, 1.54) is 0 Å². The van der Waals surface area contributed by atoms with Gasteiger partial charge in [0.05, 0.1) is 5.92 Å². The summed E-state index contributed by atoms with van der Waals surface area (Å²) in [5.74, 6) is -0.780. The molecule has 1 saturated heterocycles. The third kappa shape index (κ3) is 5.26. The smallest absolute Gasteiger partial charge is 0.329 e. The van der Waals surface area contributed by atoms with Crippen molar-refractivity contribution in [1.82, 2.24) is 15.5 Å². The summed E-state index contributed by atoms with van der Waals surface area (Å²) in [5, 5.41) is 21.9. The second kappa shape index (κ2) is 9.40. The highest BCUT2D eigenvalue weighted by molar-refractivity contribution is 5.98. The van der Waals surface area contributed by atoms with E-state index in [4.69, 9.17) is 4.52 Å². The fraction of sp³-hybridized carbons (Fsp3) is 0.273. The van der Waals surface area contributed by atoms with E-state index in [9.17, 15) is 14.7 Å². The largest absolute Gasteiger partial charge is 0.481 e. The lowest BCUT2D eigenvalue weighted by atomic mass is 9.86. The maximum atomic E-state index is 12.3. The molecule has 1 aromatic heterocycles. The number of carbonyl (C=O) groups is 2. The first kappa shape index (κ1) is 20.5. The summed E-state index contributed by atoms with van der Waals surface area (Å²) in [6, 6.07) is 15.9. The van der Waals surface area contributed by atoms with Crippen molar-refractivity contribution in [2.75, 3.05) is 23.7 Å². The second-order valence-corrected chi connectivity index (χ2v) is 7.47. The van der Waals surface area contributed by atoms with Crippen molar-refractivity contribution in [1.29, 1.82) is 0 Å². The predicted octanol–water partition coefficient (Wildman–Crippen LogP) is 3.23. The minimum atomic E-state index is -0.796. The molecule has 1 aliphatic heterocycles. The molecule has 2 heterocycles. The van der Waals surface area contributed by atoms with Crippen molar-refractivity contribution in [3.05, 3.63) is 60.2 Å². The summed E-state index contributed by atoms with van der Waals surface area (Å²) < 4.78 is 5.08. The third-order valence-corrected chi connectivity index (χ3v) is 5.30. The molecule has 3 aromatic rings. The van der Waals surface area contributed by atoms with Gasteiger partial charge in [-0.1, -0.05) is 47.6 Å². The Morgan fingerprint density at radius 2 is 2.00 bits per heavy atom. The lowest BCUT2D eigenvalue weighted by molar-refractivity contribution is -0.143.